The molecule has 0 aromatic heterocycles. The molecule has 27 heavy (non-hydrogen) atoms. The van der Waals surface area contributed by atoms with Crippen molar-refractivity contribution in [1.82, 2.24) is 4.90 Å². The van der Waals surface area contributed by atoms with Gasteiger partial charge in [-0.25, -0.2) is 0 Å². The lowest BCUT2D eigenvalue weighted by Crippen LogP contribution is -2.54. The van der Waals surface area contributed by atoms with Gasteiger partial charge in [-0.05, 0) is 18.1 Å². The molecular weight excluding hydrogens is 338 g/mol. The van der Waals surface area contributed by atoms with Crippen molar-refractivity contribution in [3.63, 3.8) is 0 Å². The number of Topliss-reactive ketones (excluding diaryl/α,β-unsaturated/α-hetero) is 1. The van der Waals surface area contributed by atoms with Crippen LogP contribution in [0.2, 0.25) is 0 Å². The number of carbonyl (C=O) groups excluding carboxylic acids is 1. The summed E-state index contributed by atoms with van der Waals surface area (Å²) in [5.41, 5.74) is 1.77. The molecule has 2 saturated heterocycles. The van der Waals surface area contributed by atoms with Gasteiger partial charge >= 0.3 is 0 Å². The molecule has 0 saturated carbocycles. The van der Waals surface area contributed by atoms with Gasteiger partial charge in [-0.3, -0.25) is 9.69 Å². The molecule has 2 aliphatic rings. The highest BCUT2D eigenvalue weighted by molar-refractivity contribution is 5.90. The lowest BCUT2D eigenvalue weighted by atomic mass is 9.86. The summed E-state index contributed by atoms with van der Waals surface area (Å²) in [5, 5.41) is 0. The zero-order valence-corrected chi connectivity index (χ0v) is 15.8. The second-order valence-electron chi connectivity index (χ2n) is 7.57. The number of nitrogens with zero attached hydrogens (tertiary/aromatic N) is 1. The van der Waals surface area contributed by atoms with E-state index in [4.69, 9.17) is 9.47 Å². The molecule has 0 amide bonds. The van der Waals surface area contributed by atoms with Crippen LogP contribution in [0.15, 0.2) is 60.7 Å². The van der Waals surface area contributed by atoms with Crippen LogP contribution in [0.1, 0.15) is 30.9 Å². The fraction of sp³-hybridized carbons (Fsp3) is 0.435. The molecule has 0 N–H and O–H groups in total. The molecule has 3 atom stereocenters. The minimum absolute atomic E-state index is 0.0648. The highest BCUT2D eigenvalue weighted by Crippen LogP contribution is 2.39. The molecular formula is C23H27NO3. The number of hydrogen-bond acceptors (Lipinski definition) is 4. The van der Waals surface area contributed by atoms with Gasteiger partial charge in [0, 0.05) is 32.0 Å². The summed E-state index contributed by atoms with van der Waals surface area (Å²) < 4.78 is 12.1. The Kier molecular flexibility index (Phi) is 5.39. The van der Waals surface area contributed by atoms with Gasteiger partial charge in [0.1, 0.15) is 6.10 Å². The SMILES string of the molecule is C[C@@H]([C@@H]1OCC[C@]12OCCC2=O)N(Cc1ccccc1)Cc1ccccc1. The third kappa shape index (κ3) is 3.70. The van der Waals surface area contributed by atoms with Gasteiger partial charge < -0.3 is 9.47 Å². The fourth-order valence-electron chi connectivity index (χ4n) is 4.38. The molecule has 0 unspecified atom stereocenters. The Balaban J connectivity index is 1.59. The number of carbonyl (C=O) groups is 1. The second kappa shape index (κ2) is 7.93. The molecule has 0 bridgehead atoms. The van der Waals surface area contributed by atoms with Crippen molar-refractivity contribution in [2.45, 2.75) is 50.6 Å². The lowest BCUT2D eigenvalue weighted by Gasteiger charge is -2.38. The van der Waals surface area contributed by atoms with Gasteiger partial charge in [-0.1, -0.05) is 60.7 Å². The average Bonchev–Trinajstić information content (AvgIpc) is 3.29. The molecule has 142 valence electrons. The van der Waals surface area contributed by atoms with Crippen molar-refractivity contribution in [2.24, 2.45) is 0 Å². The van der Waals surface area contributed by atoms with Crippen LogP contribution in [0.4, 0.5) is 0 Å². The standard InChI is InChI=1S/C23H27NO3/c1-18(22-23(13-15-26-22)21(25)12-14-27-23)24(16-19-8-4-2-5-9-19)17-20-10-6-3-7-11-20/h2-11,18,22H,12-17H2,1H3/t18-,22-,23+/m0/s1. The third-order valence-corrected chi connectivity index (χ3v) is 5.86. The van der Waals surface area contributed by atoms with E-state index < -0.39 is 5.60 Å². The monoisotopic (exact) mass is 365 g/mol. The Morgan fingerprint density at radius 1 is 1.00 bits per heavy atom. The smallest absolute Gasteiger partial charge is 0.169 e. The van der Waals surface area contributed by atoms with E-state index in [9.17, 15) is 4.79 Å². The molecule has 2 heterocycles. The molecule has 4 nitrogen and oxygen atoms in total. The number of hydrogen-bond donors (Lipinski definition) is 0. The van der Waals surface area contributed by atoms with Gasteiger partial charge in [0.05, 0.1) is 13.2 Å². The van der Waals surface area contributed by atoms with Crippen molar-refractivity contribution in [3.05, 3.63) is 71.8 Å². The minimum atomic E-state index is -0.745. The summed E-state index contributed by atoms with van der Waals surface area (Å²) in [5.74, 6) is 0.205. The zero-order chi connectivity index (χ0) is 18.7. The first-order valence-corrected chi connectivity index (χ1v) is 9.80. The largest absolute Gasteiger partial charge is 0.373 e. The molecule has 2 aliphatic heterocycles. The first-order chi connectivity index (χ1) is 13.2. The summed E-state index contributed by atoms with van der Waals surface area (Å²) >= 11 is 0. The Labute approximate surface area is 161 Å². The van der Waals surface area contributed by atoms with E-state index in [-0.39, 0.29) is 17.9 Å². The van der Waals surface area contributed by atoms with Gasteiger partial charge in [-0.2, -0.15) is 0 Å². The first-order valence-electron chi connectivity index (χ1n) is 9.80. The van der Waals surface area contributed by atoms with Crippen LogP contribution in [0, 0.1) is 0 Å². The molecule has 2 aromatic rings. The molecule has 4 rings (SSSR count). The zero-order valence-electron chi connectivity index (χ0n) is 15.8. The van der Waals surface area contributed by atoms with Crippen LogP contribution in [0.25, 0.3) is 0 Å². The van der Waals surface area contributed by atoms with Gasteiger partial charge in [0.25, 0.3) is 0 Å². The maximum atomic E-state index is 12.6. The maximum absolute atomic E-state index is 12.6. The lowest BCUT2D eigenvalue weighted by molar-refractivity contribution is -0.142. The highest BCUT2D eigenvalue weighted by Gasteiger charge is 2.56. The highest BCUT2D eigenvalue weighted by atomic mass is 16.6. The average molecular weight is 365 g/mol. The Hall–Kier alpha value is -2.01. The van der Waals surface area contributed by atoms with Crippen LogP contribution in [0.5, 0.6) is 0 Å². The van der Waals surface area contributed by atoms with Gasteiger partial charge in [0.2, 0.25) is 0 Å². The van der Waals surface area contributed by atoms with E-state index in [1.54, 1.807) is 0 Å². The van der Waals surface area contributed by atoms with E-state index in [1.165, 1.54) is 11.1 Å². The Morgan fingerprint density at radius 2 is 1.59 bits per heavy atom. The van der Waals surface area contributed by atoms with E-state index in [1.807, 2.05) is 12.1 Å². The van der Waals surface area contributed by atoms with Gasteiger partial charge in [0.15, 0.2) is 11.4 Å². The Bertz CT molecular complexity index is 718. The van der Waals surface area contributed by atoms with E-state index >= 15 is 0 Å². The van der Waals surface area contributed by atoms with Crippen molar-refractivity contribution >= 4 is 5.78 Å². The summed E-state index contributed by atoms with van der Waals surface area (Å²) in [6.45, 7) is 4.88. The van der Waals surface area contributed by atoms with Gasteiger partial charge in [-0.15, -0.1) is 0 Å². The summed E-state index contributed by atoms with van der Waals surface area (Å²) in [6, 6.07) is 21.0. The fourth-order valence-corrected chi connectivity index (χ4v) is 4.38. The van der Waals surface area contributed by atoms with Crippen LogP contribution in [-0.4, -0.2) is 41.6 Å². The van der Waals surface area contributed by atoms with Crippen LogP contribution in [0.3, 0.4) is 0 Å². The normalized spacial score (nSPS) is 26.1. The second-order valence-corrected chi connectivity index (χ2v) is 7.57. The number of benzene rings is 2. The van der Waals surface area contributed by atoms with Crippen LogP contribution >= 0.6 is 0 Å². The van der Waals surface area contributed by atoms with Crippen LogP contribution in [-0.2, 0) is 27.4 Å². The number of rotatable bonds is 6. The molecule has 1 spiro atoms. The van der Waals surface area contributed by atoms with E-state index in [0.29, 0.717) is 26.1 Å². The topological polar surface area (TPSA) is 38.8 Å². The first kappa shape index (κ1) is 18.4. The molecule has 0 aliphatic carbocycles. The van der Waals surface area contributed by atoms with Crippen LogP contribution < -0.4 is 0 Å². The summed E-state index contributed by atoms with van der Waals surface area (Å²) in [4.78, 5) is 15.0. The molecule has 0 radical (unpaired) electrons. The van der Waals surface area contributed by atoms with E-state index in [0.717, 1.165) is 13.1 Å². The van der Waals surface area contributed by atoms with Crippen molar-refractivity contribution in [2.75, 3.05) is 13.2 Å². The van der Waals surface area contributed by atoms with Crippen molar-refractivity contribution < 1.29 is 14.3 Å². The molecule has 4 heteroatoms. The predicted molar refractivity (Wildman–Crippen MR) is 104 cm³/mol. The van der Waals surface area contributed by atoms with E-state index in [2.05, 4.69) is 60.4 Å². The molecule has 2 fully saturated rings. The minimum Gasteiger partial charge on any atom is -0.373 e. The maximum Gasteiger partial charge on any atom is 0.169 e. The van der Waals surface area contributed by atoms with Crippen molar-refractivity contribution in [3.8, 4) is 0 Å². The number of ether oxygens (including phenoxy) is 2. The Morgan fingerprint density at radius 3 is 2.11 bits per heavy atom. The summed E-state index contributed by atoms with van der Waals surface area (Å²) in [6.07, 6.45) is 0.954. The number of ketones is 1. The molecule has 2 aromatic carbocycles. The predicted octanol–water partition coefficient (Wildman–Crippen LogP) is 3.59. The quantitative estimate of drug-likeness (QED) is 0.784. The summed E-state index contributed by atoms with van der Waals surface area (Å²) in [7, 11) is 0. The van der Waals surface area contributed by atoms with Crippen molar-refractivity contribution in [1.29, 1.82) is 0 Å². The third-order valence-electron chi connectivity index (χ3n) is 5.86.